The molecular weight excluding hydrogens is 256 g/mol. The molecule has 0 bridgehead atoms. The fourth-order valence-corrected chi connectivity index (χ4v) is 2.59. The molecule has 0 spiro atoms. The van der Waals surface area contributed by atoms with Crippen molar-refractivity contribution >= 4 is 11.3 Å². The molecule has 3 nitrogen and oxygen atoms in total. The van der Waals surface area contributed by atoms with Crippen molar-refractivity contribution in [1.82, 2.24) is 10.3 Å². The van der Waals surface area contributed by atoms with Gasteiger partial charge in [0.05, 0.1) is 24.4 Å². The minimum atomic E-state index is 0.192. The highest BCUT2D eigenvalue weighted by Gasteiger charge is 2.17. The van der Waals surface area contributed by atoms with E-state index in [1.54, 1.807) is 11.3 Å². The van der Waals surface area contributed by atoms with Crippen molar-refractivity contribution in [3.05, 3.63) is 16.1 Å². The van der Waals surface area contributed by atoms with Gasteiger partial charge in [-0.05, 0) is 19.4 Å². The lowest BCUT2D eigenvalue weighted by Crippen LogP contribution is -2.35. The summed E-state index contributed by atoms with van der Waals surface area (Å²) < 4.78 is 5.82. The molecule has 0 saturated heterocycles. The molecule has 0 unspecified atom stereocenters. The smallest absolute Gasteiger partial charge is 0.0797 e. The van der Waals surface area contributed by atoms with E-state index in [1.807, 2.05) is 5.51 Å². The SMILES string of the molecule is Cc1ncsc1CCOCC(C)(C)CNCC(C)C. The average molecular weight is 284 g/mol. The van der Waals surface area contributed by atoms with Crippen LogP contribution in [0.5, 0.6) is 0 Å². The van der Waals surface area contributed by atoms with E-state index in [0.29, 0.717) is 5.92 Å². The topological polar surface area (TPSA) is 34.1 Å². The van der Waals surface area contributed by atoms with Crippen molar-refractivity contribution in [3.63, 3.8) is 0 Å². The number of nitrogens with one attached hydrogen (secondary N) is 1. The van der Waals surface area contributed by atoms with E-state index in [0.717, 1.165) is 38.4 Å². The first-order chi connectivity index (χ1) is 8.91. The second-order valence-corrected chi connectivity index (χ2v) is 7.29. The molecule has 0 aromatic carbocycles. The van der Waals surface area contributed by atoms with E-state index in [1.165, 1.54) is 4.88 Å². The summed E-state index contributed by atoms with van der Waals surface area (Å²) in [5, 5.41) is 3.50. The number of nitrogens with zero attached hydrogens (tertiary/aromatic N) is 1. The maximum Gasteiger partial charge on any atom is 0.0797 e. The monoisotopic (exact) mass is 284 g/mol. The second kappa shape index (κ2) is 7.98. The van der Waals surface area contributed by atoms with E-state index in [-0.39, 0.29) is 5.41 Å². The number of aromatic nitrogens is 1. The third-order valence-electron chi connectivity index (χ3n) is 2.97. The van der Waals surface area contributed by atoms with Crippen LogP contribution in [0, 0.1) is 18.3 Å². The van der Waals surface area contributed by atoms with Crippen molar-refractivity contribution in [2.75, 3.05) is 26.3 Å². The minimum Gasteiger partial charge on any atom is -0.380 e. The standard InChI is InChI=1S/C15H28N2OS/c1-12(2)8-16-9-15(4,5)10-18-7-6-14-13(3)17-11-19-14/h11-12,16H,6-10H2,1-5H3. The van der Waals surface area contributed by atoms with E-state index in [2.05, 4.69) is 44.9 Å². The fraction of sp³-hybridized carbons (Fsp3) is 0.800. The van der Waals surface area contributed by atoms with E-state index < -0.39 is 0 Å². The summed E-state index contributed by atoms with van der Waals surface area (Å²) in [4.78, 5) is 5.60. The first kappa shape index (κ1) is 16.6. The van der Waals surface area contributed by atoms with Crippen LogP contribution in [0.1, 0.15) is 38.3 Å². The molecule has 1 N–H and O–H groups in total. The summed E-state index contributed by atoms with van der Waals surface area (Å²) >= 11 is 1.72. The molecule has 110 valence electrons. The van der Waals surface area contributed by atoms with Crippen molar-refractivity contribution < 1.29 is 4.74 Å². The normalized spacial score (nSPS) is 12.3. The summed E-state index contributed by atoms with van der Waals surface area (Å²) in [7, 11) is 0. The highest BCUT2D eigenvalue weighted by molar-refractivity contribution is 7.09. The van der Waals surface area contributed by atoms with E-state index in [4.69, 9.17) is 4.74 Å². The highest BCUT2D eigenvalue weighted by atomic mass is 32.1. The summed E-state index contributed by atoms with van der Waals surface area (Å²) in [5.41, 5.74) is 3.24. The predicted molar refractivity (Wildman–Crippen MR) is 82.9 cm³/mol. The van der Waals surface area contributed by atoms with Crippen LogP contribution >= 0.6 is 11.3 Å². The molecule has 0 amide bonds. The Morgan fingerprint density at radius 3 is 2.74 bits per heavy atom. The van der Waals surface area contributed by atoms with Gasteiger partial charge in [-0.3, -0.25) is 0 Å². The lowest BCUT2D eigenvalue weighted by molar-refractivity contribution is 0.0639. The van der Waals surface area contributed by atoms with Gasteiger partial charge in [0.25, 0.3) is 0 Å². The van der Waals surface area contributed by atoms with Gasteiger partial charge in [0.2, 0.25) is 0 Å². The molecule has 0 aliphatic carbocycles. The number of rotatable bonds is 9. The van der Waals surface area contributed by atoms with Crippen LogP contribution < -0.4 is 5.32 Å². The quantitative estimate of drug-likeness (QED) is 0.707. The molecular formula is C15H28N2OS. The molecule has 1 aromatic heterocycles. The molecule has 0 aliphatic rings. The Hall–Kier alpha value is -0.450. The number of aryl methyl sites for hydroxylation is 1. The van der Waals surface area contributed by atoms with E-state index in [9.17, 15) is 0 Å². The van der Waals surface area contributed by atoms with Gasteiger partial charge < -0.3 is 10.1 Å². The zero-order valence-corrected chi connectivity index (χ0v) is 13.8. The van der Waals surface area contributed by atoms with Crippen molar-refractivity contribution in [1.29, 1.82) is 0 Å². The van der Waals surface area contributed by atoms with Crippen molar-refractivity contribution in [2.24, 2.45) is 11.3 Å². The molecule has 4 heteroatoms. The number of thiazole rings is 1. The Morgan fingerprint density at radius 1 is 1.42 bits per heavy atom. The molecule has 1 aromatic rings. The molecule has 19 heavy (non-hydrogen) atoms. The van der Waals surface area contributed by atoms with E-state index >= 15 is 0 Å². The molecule has 0 saturated carbocycles. The molecule has 0 aliphatic heterocycles. The molecule has 0 atom stereocenters. The summed E-state index contributed by atoms with van der Waals surface area (Å²) in [5.74, 6) is 0.700. The van der Waals surface area contributed by atoms with Gasteiger partial charge in [0.15, 0.2) is 0 Å². The average Bonchev–Trinajstić information content (AvgIpc) is 2.70. The first-order valence-electron chi connectivity index (χ1n) is 7.08. The third kappa shape index (κ3) is 7.04. The lowest BCUT2D eigenvalue weighted by Gasteiger charge is -2.25. The van der Waals surface area contributed by atoms with Gasteiger partial charge in [-0.15, -0.1) is 11.3 Å². The van der Waals surface area contributed by atoms with Gasteiger partial charge in [0.1, 0.15) is 0 Å². The van der Waals surface area contributed by atoms with Crippen LogP contribution in [0.3, 0.4) is 0 Å². The summed E-state index contributed by atoms with van der Waals surface area (Å²) in [6.07, 6.45) is 0.978. The largest absolute Gasteiger partial charge is 0.380 e. The Balaban J connectivity index is 2.15. The molecule has 1 heterocycles. The Morgan fingerprint density at radius 2 is 2.16 bits per heavy atom. The molecule has 0 fully saturated rings. The first-order valence-corrected chi connectivity index (χ1v) is 7.96. The Labute approximate surface area is 121 Å². The molecule has 1 rings (SSSR count). The third-order valence-corrected chi connectivity index (χ3v) is 3.96. The minimum absolute atomic E-state index is 0.192. The van der Waals surface area contributed by atoms with Crippen molar-refractivity contribution in [3.8, 4) is 0 Å². The van der Waals surface area contributed by atoms with Crippen LogP contribution in [-0.4, -0.2) is 31.3 Å². The van der Waals surface area contributed by atoms with Crippen LogP contribution in [0.25, 0.3) is 0 Å². The Bertz CT molecular complexity index is 361. The van der Waals surface area contributed by atoms with Crippen LogP contribution in [0.15, 0.2) is 5.51 Å². The van der Waals surface area contributed by atoms with Gasteiger partial charge in [-0.1, -0.05) is 27.7 Å². The maximum absolute atomic E-state index is 5.82. The zero-order chi connectivity index (χ0) is 14.3. The second-order valence-electron chi connectivity index (χ2n) is 6.35. The zero-order valence-electron chi connectivity index (χ0n) is 13.0. The molecule has 0 radical (unpaired) electrons. The highest BCUT2D eigenvalue weighted by Crippen LogP contribution is 2.16. The van der Waals surface area contributed by atoms with Crippen LogP contribution in [0.4, 0.5) is 0 Å². The summed E-state index contributed by atoms with van der Waals surface area (Å²) in [6, 6.07) is 0. The Kier molecular flexibility index (Phi) is 6.97. The predicted octanol–water partition coefficient (Wildman–Crippen LogP) is 3.28. The van der Waals surface area contributed by atoms with Crippen LogP contribution in [-0.2, 0) is 11.2 Å². The van der Waals surface area contributed by atoms with Gasteiger partial charge >= 0.3 is 0 Å². The fourth-order valence-electron chi connectivity index (χ4n) is 1.83. The summed E-state index contributed by atoms with van der Waals surface area (Å²) in [6.45, 7) is 14.7. The lowest BCUT2D eigenvalue weighted by atomic mass is 9.94. The number of hydrogen-bond donors (Lipinski definition) is 1. The van der Waals surface area contributed by atoms with Gasteiger partial charge in [-0.2, -0.15) is 0 Å². The van der Waals surface area contributed by atoms with Crippen molar-refractivity contribution in [2.45, 2.75) is 41.0 Å². The number of hydrogen-bond acceptors (Lipinski definition) is 4. The van der Waals surface area contributed by atoms with Crippen LogP contribution in [0.2, 0.25) is 0 Å². The van der Waals surface area contributed by atoms with Gasteiger partial charge in [0, 0.05) is 23.3 Å². The maximum atomic E-state index is 5.82. The van der Waals surface area contributed by atoms with Gasteiger partial charge in [-0.25, -0.2) is 4.98 Å². The number of ether oxygens (including phenoxy) is 1.